The zero-order valence-corrected chi connectivity index (χ0v) is 14.2. The molecular formula is C17H15F3N6O. The molecule has 1 aromatic carbocycles. The number of hydrogen-bond donors (Lipinski definition) is 2. The fourth-order valence-electron chi connectivity index (χ4n) is 2.31. The minimum Gasteiger partial charge on any atom is -0.340 e. The first-order valence-corrected chi connectivity index (χ1v) is 7.88. The lowest BCUT2D eigenvalue weighted by Crippen LogP contribution is -2.21. The molecule has 0 bridgehead atoms. The fourth-order valence-corrected chi connectivity index (χ4v) is 2.31. The normalized spacial score (nSPS) is 11.3. The molecule has 0 atom stereocenters. The van der Waals surface area contributed by atoms with Crippen molar-refractivity contribution in [1.29, 1.82) is 0 Å². The minimum absolute atomic E-state index is 0.269. The third-order valence-electron chi connectivity index (χ3n) is 3.37. The van der Waals surface area contributed by atoms with Crippen LogP contribution in [0.15, 0.2) is 48.8 Å². The van der Waals surface area contributed by atoms with E-state index in [0.717, 1.165) is 0 Å². The van der Waals surface area contributed by atoms with E-state index < -0.39 is 18.5 Å². The molecule has 0 spiro atoms. The molecular weight excluding hydrogens is 361 g/mol. The van der Waals surface area contributed by atoms with Gasteiger partial charge in [-0.15, -0.1) is 0 Å². The molecule has 0 aliphatic rings. The van der Waals surface area contributed by atoms with Crippen LogP contribution in [0.5, 0.6) is 0 Å². The van der Waals surface area contributed by atoms with E-state index >= 15 is 0 Å². The molecule has 140 valence electrons. The van der Waals surface area contributed by atoms with Crippen LogP contribution < -0.4 is 10.6 Å². The summed E-state index contributed by atoms with van der Waals surface area (Å²) in [7, 11) is 0. The smallest absolute Gasteiger partial charge is 0.340 e. The van der Waals surface area contributed by atoms with Crippen LogP contribution in [-0.2, 0) is 4.79 Å². The molecule has 0 unspecified atom stereocenters. The fraction of sp³-hybridized carbons (Fsp3) is 0.176. The van der Waals surface area contributed by atoms with Gasteiger partial charge in [0, 0.05) is 29.8 Å². The number of nitrogens with zero attached hydrogens (tertiary/aromatic N) is 4. The van der Waals surface area contributed by atoms with Crippen molar-refractivity contribution in [2.45, 2.75) is 19.5 Å². The molecule has 3 rings (SSSR count). The third-order valence-corrected chi connectivity index (χ3v) is 3.37. The van der Waals surface area contributed by atoms with Gasteiger partial charge in [-0.1, -0.05) is 0 Å². The summed E-state index contributed by atoms with van der Waals surface area (Å²) in [6, 6.07) is 9.72. The number of carbonyl (C=O) groups excluding carboxylic acids is 1. The van der Waals surface area contributed by atoms with Crippen molar-refractivity contribution >= 4 is 23.1 Å². The lowest BCUT2D eigenvalue weighted by molar-refractivity contribution is -0.150. The van der Waals surface area contributed by atoms with Crippen molar-refractivity contribution in [3.63, 3.8) is 0 Å². The molecule has 2 N–H and O–H groups in total. The summed E-state index contributed by atoms with van der Waals surface area (Å²) in [4.78, 5) is 19.9. The van der Waals surface area contributed by atoms with Gasteiger partial charge in [0.1, 0.15) is 18.1 Å². The van der Waals surface area contributed by atoms with Crippen molar-refractivity contribution in [1.82, 2.24) is 19.7 Å². The van der Waals surface area contributed by atoms with E-state index in [2.05, 4.69) is 25.7 Å². The maximum Gasteiger partial charge on any atom is 0.397 e. The zero-order chi connectivity index (χ0) is 19.4. The predicted molar refractivity (Wildman–Crippen MR) is 92.9 cm³/mol. The first-order valence-electron chi connectivity index (χ1n) is 7.88. The maximum absolute atomic E-state index is 12.2. The molecule has 10 heteroatoms. The number of amides is 1. The zero-order valence-electron chi connectivity index (χ0n) is 14.2. The molecule has 0 radical (unpaired) electrons. The van der Waals surface area contributed by atoms with Crippen LogP contribution in [0.2, 0.25) is 0 Å². The second-order valence-electron chi connectivity index (χ2n) is 5.65. The molecule has 2 heterocycles. The number of carbonyl (C=O) groups is 1. The summed E-state index contributed by atoms with van der Waals surface area (Å²) < 4.78 is 38.2. The van der Waals surface area contributed by atoms with Gasteiger partial charge in [0.05, 0.1) is 0 Å². The van der Waals surface area contributed by atoms with E-state index in [4.69, 9.17) is 0 Å². The Morgan fingerprint density at radius 3 is 2.48 bits per heavy atom. The number of benzene rings is 1. The van der Waals surface area contributed by atoms with Crippen LogP contribution in [0.3, 0.4) is 0 Å². The van der Waals surface area contributed by atoms with Crippen LogP contribution in [0, 0.1) is 6.92 Å². The predicted octanol–water partition coefficient (Wildman–Crippen LogP) is 3.61. The van der Waals surface area contributed by atoms with Gasteiger partial charge in [-0.2, -0.15) is 18.3 Å². The number of aromatic nitrogens is 4. The Bertz CT molecular complexity index is 923. The van der Waals surface area contributed by atoms with Crippen LogP contribution in [0.1, 0.15) is 12.2 Å². The molecule has 27 heavy (non-hydrogen) atoms. The van der Waals surface area contributed by atoms with Gasteiger partial charge in [-0.3, -0.25) is 4.79 Å². The molecule has 2 aromatic heterocycles. The Balaban J connectivity index is 1.69. The van der Waals surface area contributed by atoms with Crippen molar-refractivity contribution in [3.05, 3.63) is 54.6 Å². The summed E-state index contributed by atoms with van der Waals surface area (Å²) in [6.07, 6.45) is -2.67. The largest absolute Gasteiger partial charge is 0.397 e. The Morgan fingerprint density at radius 2 is 1.85 bits per heavy atom. The van der Waals surface area contributed by atoms with Crippen LogP contribution in [0.25, 0.3) is 5.82 Å². The number of halogens is 3. The Hall–Kier alpha value is -3.43. The number of anilines is 3. The lowest BCUT2D eigenvalue weighted by Gasteiger charge is -2.10. The lowest BCUT2D eigenvalue weighted by atomic mass is 10.2. The number of rotatable bonds is 5. The standard InChI is InChI=1S/C17H15F3N6O/c1-11-22-14(9-15(23-11)26-8-2-7-21-26)24-12-3-5-13(6-4-12)25-16(27)10-17(18,19)20/h2-9H,10H2,1H3,(H,25,27)(H,22,23,24). The summed E-state index contributed by atoms with van der Waals surface area (Å²) in [6.45, 7) is 1.75. The number of hydrogen-bond acceptors (Lipinski definition) is 5. The van der Waals surface area contributed by atoms with Crippen molar-refractivity contribution < 1.29 is 18.0 Å². The van der Waals surface area contributed by atoms with E-state index in [1.807, 2.05) is 0 Å². The highest BCUT2D eigenvalue weighted by molar-refractivity contribution is 5.91. The van der Waals surface area contributed by atoms with Gasteiger partial charge < -0.3 is 10.6 Å². The maximum atomic E-state index is 12.2. The van der Waals surface area contributed by atoms with E-state index in [0.29, 0.717) is 23.1 Å². The highest BCUT2D eigenvalue weighted by Crippen LogP contribution is 2.22. The number of nitrogens with one attached hydrogen (secondary N) is 2. The average molecular weight is 376 g/mol. The van der Waals surface area contributed by atoms with Crippen LogP contribution >= 0.6 is 0 Å². The number of aryl methyl sites for hydroxylation is 1. The molecule has 0 aliphatic heterocycles. The molecule has 0 aliphatic carbocycles. The highest BCUT2D eigenvalue weighted by atomic mass is 19.4. The van der Waals surface area contributed by atoms with E-state index in [1.165, 1.54) is 12.1 Å². The van der Waals surface area contributed by atoms with Gasteiger partial charge in [0.25, 0.3) is 0 Å². The molecule has 3 aromatic rings. The second kappa shape index (κ2) is 7.44. The van der Waals surface area contributed by atoms with Crippen molar-refractivity contribution in [2.75, 3.05) is 10.6 Å². The molecule has 7 nitrogen and oxygen atoms in total. The van der Waals surface area contributed by atoms with Crippen LogP contribution in [-0.4, -0.2) is 31.8 Å². The Morgan fingerprint density at radius 1 is 1.15 bits per heavy atom. The van der Waals surface area contributed by atoms with Gasteiger partial charge in [0.2, 0.25) is 5.91 Å². The van der Waals surface area contributed by atoms with Crippen molar-refractivity contribution in [2.24, 2.45) is 0 Å². The summed E-state index contributed by atoms with van der Waals surface area (Å²) >= 11 is 0. The average Bonchev–Trinajstić information content (AvgIpc) is 3.09. The van der Waals surface area contributed by atoms with Gasteiger partial charge in [0.15, 0.2) is 5.82 Å². The Labute approximate surface area is 152 Å². The molecule has 0 fully saturated rings. The summed E-state index contributed by atoms with van der Waals surface area (Å²) in [5, 5.41) is 9.40. The van der Waals surface area contributed by atoms with E-state index in [9.17, 15) is 18.0 Å². The quantitative estimate of drug-likeness (QED) is 0.711. The molecule has 0 saturated carbocycles. The first-order chi connectivity index (χ1) is 12.8. The number of alkyl halides is 3. The van der Waals surface area contributed by atoms with Crippen LogP contribution in [0.4, 0.5) is 30.4 Å². The third kappa shape index (κ3) is 5.27. The molecule has 0 saturated heterocycles. The topological polar surface area (TPSA) is 84.7 Å². The van der Waals surface area contributed by atoms with Gasteiger partial charge >= 0.3 is 6.18 Å². The SMILES string of the molecule is Cc1nc(Nc2ccc(NC(=O)CC(F)(F)F)cc2)cc(-n2cccn2)n1. The highest BCUT2D eigenvalue weighted by Gasteiger charge is 2.31. The van der Waals surface area contributed by atoms with Gasteiger partial charge in [-0.25, -0.2) is 14.6 Å². The van der Waals surface area contributed by atoms with Crippen molar-refractivity contribution in [3.8, 4) is 5.82 Å². The van der Waals surface area contributed by atoms with Gasteiger partial charge in [-0.05, 0) is 37.3 Å². The minimum atomic E-state index is -4.54. The first kappa shape index (κ1) is 18.4. The van der Waals surface area contributed by atoms with E-state index in [-0.39, 0.29) is 5.69 Å². The second-order valence-corrected chi connectivity index (χ2v) is 5.65. The Kier molecular flexibility index (Phi) is 5.06. The monoisotopic (exact) mass is 376 g/mol. The van der Waals surface area contributed by atoms with E-state index in [1.54, 1.807) is 48.3 Å². The summed E-state index contributed by atoms with van der Waals surface area (Å²) in [5.74, 6) is 0.549. The summed E-state index contributed by atoms with van der Waals surface area (Å²) in [5.41, 5.74) is 0.916. The molecule has 1 amide bonds.